The number of ether oxygens (including phenoxy) is 2. The summed E-state index contributed by atoms with van der Waals surface area (Å²) < 4.78 is 10.6. The van der Waals surface area contributed by atoms with E-state index in [0.29, 0.717) is 22.9 Å². The molecule has 0 bridgehead atoms. The average Bonchev–Trinajstić information content (AvgIpc) is 3.10. The van der Waals surface area contributed by atoms with Crippen molar-refractivity contribution < 1.29 is 14.3 Å². The quantitative estimate of drug-likeness (QED) is 0.630. The molecule has 132 valence electrons. The number of nitrogens with one attached hydrogen (secondary N) is 2. The van der Waals surface area contributed by atoms with Crippen molar-refractivity contribution >= 4 is 17.3 Å². The fourth-order valence-electron chi connectivity index (χ4n) is 2.59. The van der Waals surface area contributed by atoms with E-state index in [-0.39, 0.29) is 18.3 Å². The molecule has 0 radical (unpaired) electrons. The van der Waals surface area contributed by atoms with Gasteiger partial charge in [-0.25, -0.2) is 0 Å². The Morgan fingerprint density at radius 1 is 1.19 bits per heavy atom. The van der Waals surface area contributed by atoms with Crippen LogP contribution in [-0.2, 0) is 4.79 Å². The van der Waals surface area contributed by atoms with Crippen LogP contribution in [0.1, 0.15) is 25.3 Å². The zero-order valence-electron chi connectivity index (χ0n) is 14.6. The topological polar surface area (TPSA) is 83.4 Å². The molecule has 1 heterocycles. The summed E-state index contributed by atoms with van der Waals surface area (Å²) >= 11 is 0. The maximum atomic E-state index is 12.4. The second-order valence-corrected chi connectivity index (χ2v) is 6.08. The Labute approximate surface area is 152 Å². The van der Waals surface area contributed by atoms with E-state index in [4.69, 9.17) is 9.47 Å². The van der Waals surface area contributed by atoms with E-state index in [0.717, 1.165) is 5.56 Å². The van der Waals surface area contributed by atoms with Crippen LogP contribution in [0.25, 0.3) is 0 Å². The number of rotatable bonds is 5. The van der Waals surface area contributed by atoms with Crippen molar-refractivity contribution in [1.82, 2.24) is 0 Å². The number of amides is 1. The van der Waals surface area contributed by atoms with Gasteiger partial charge in [0.15, 0.2) is 11.5 Å². The van der Waals surface area contributed by atoms with E-state index in [9.17, 15) is 10.1 Å². The first-order valence-electron chi connectivity index (χ1n) is 8.25. The highest BCUT2D eigenvalue weighted by Crippen LogP contribution is 2.34. The molecule has 6 heteroatoms. The number of fused-ring (bicyclic) bond motifs is 1. The number of hydrogen-bond acceptors (Lipinski definition) is 5. The average molecular weight is 349 g/mol. The van der Waals surface area contributed by atoms with Crippen molar-refractivity contribution in [3.8, 4) is 17.6 Å². The van der Waals surface area contributed by atoms with E-state index < -0.39 is 5.91 Å². The number of hydrogen-bond donors (Lipinski definition) is 2. The SMILES string of the molecule is CC(C)c1ccccc1NC(=O)/C(C#N)=C\Nc1ccc2c(c1)OCO2. The summed E-state index contributed by atoms with van der Waals surface area (Å²) in [5.74, 6) is 1.09. The minimum atomic E-state index is -0.464. The molecule has 0 spiro atoms. The summed E-state index contributed by atoms with van der Waals surface area (Å²) in [6.45, 7) is 4.29. The Morgan fingerprint density at radius 3 is 2.73 bits per heavy atom. The Balaban J connectivity index is 1.73. The third kappa shape index (κ3) is 3.78. The van der Waals surface area contributed by atoms with Crippen LogP contribution in [0.15, 0.2) is 54.2 Å². The highest BCUT2D eigenvalue weighted by Gasteiger charge is 2.15. The molecule has 2 aromatic rings. The van der Waals surface area contributed by atoms with Gasteiger partial charge in [0.25, 0.3) is 5.91 Å². The molecule has 6 nitrogen and oxygen atoms in total. The highest BCUT2D eigenvalue weighted by atomic mass is 16.7. The van der Waals surface area contributed by atoms with Gasteiger partial charge < -0.3 is 20.1 Å². The number of nitriles is 1. The van der Waals surface area contributed by atoms with Gasteiger partial charge in [-0.2, -0.15) is 5.26 Å². The second kappa shape index (κ2) is 7.62. The molecule has 0 saturated heterocycles. The van der Waals surface area contributed by atoms with Crippen LogP contribution in [0.4, 0.5) is 11.4 Å². The standard InChI is InChI=1S/C20H19N3O3/c1-13(2)16-5-3-4-6-17(16)23-20(24)14(10-21)11-22-15-7-8-18-19(9-15)26-12-25-18/h3-9,11,13,22H,12H2,1-2H3,(H,23,24)/b14-11-. The first-order chi connectivity index (χ1) is 12.6. The Bertz CT molecular complexity index is 897. The number of carbonyl (C=O) groups excluding carboxylic acids is 1. The van der Waals surface area contributed by atoms with Crippen LogP contribution >= 0.6 is 0 Å². The molecule has 0 aromatic heterocycles. The van der Waals surface area contributed by atoms with Crippen LogP contribution in [0.2, 0.25) is 0 Å². The first kappa shape index (κ1) is 17.4. The summed E-state index contributed by atoms with van der Waals surface area (Å²) in [4.78, 5) is 12.4. The van der Waals surface area contributed by atoms with E-state index in [1.807, 2.05) is 44.2 Å². The van der Waals surface area contributed by atoms with Crippen LogP contribution < -0.4 is 20.1 Å². The van der Waals surface area contributed by atoms with E-state index in [1.54, 1.807) is 18.2 Å². The van der Waals surface area contributed by atoms with Gasteiger partial charge in [-0.05, 0) is 29.7 Å². The molecule has 0 atom stereocenters. The van der Waals surface area contributed by atoms with Gasteiger partial charge >= 0.3 is 0 Å². The largest absolute Gasteiger partial charge is 0.454 e. The van der Waals surface area contributed by atoms with E-state index in [1.165, 1.54) is 6.20 Å². The first-order valence-corrected chi connectivity index (χ1v) is 8.25. The molecule has 0 aliphatic carbocycles. The second-order valence-electron chi connectivity index (χ2n) is 6.08. The van der Waals surface area contributed by atoms with Crippen molar-refractivity contribution in [3.63, 3.8) is 0 Å². The van der Waals surface area contributed by atoms with Crippen LogP contribution in [0.5, 0.6) is 11.5 Å². The lowest BCUT2D eigenvalue weighted by Crippen LogP contribution is -2.16. The third-order valence-corrected chi connectivity index (χ3v) is 3.95. The van der Waals surface area contributed by atoms with Crippen molar-refractivity contribution in [1.29, 1.82) is 5.26 Å². The number of para-hydroxylation sites is 1. The van der Waals surface area contributed by atoms with Crippen LogP contribution in [-0.4, -0.2) is 12.7 Å². The zero-order valence-corrected chi connectivity index (χ0v) is 14.6. The number of benzene rings is 2. The molecule has 1 aliphatic rings. The number of carbonyl (C=O) groups is 1. The van der Waals surface area contributed by atoms with Gasteiger partial charge in [0, 0.05) is 23.6 Å². The Morgan fingerprint density at radius 2 is 1.96 bits per heavy atom. The molecule has 3 rings (SSSR count). The van der Waals surface area contributed by atoms with Crippen molar-refractivity contribution in [3.05, 3.63) is 59.8 Å². The van der Waals surface area contributed by atoms with Gasteiger partial charge in [0.1, 0.15) is 11.6 Å². The lowest BCUT2D eigenvalue weighted by atomic mass is 10.0. The van der Waals surface area contributed by atoms with Crippen molar-refractivity contribution in [2.24, 2.45) is 0 Å². The van der Waals surface area contributed by atoms with Crippen LogP contribution in [0.3, 0.4) is 0 Å². The van der Waals surface area contributed by atoms with Gasteiger partial charge in [0.2, 0.25) is 6.79 Å². The minimum Gasteiger partial charge on any atom is -0.454 e. The van der Waals surface area contributed by atoms with Gasteiger partial charge in [-0.1, -0.05) is 32.0 Å². The van der Waals surface area contributed by atoms with Gasteiger partial charge in [0.05, 0.1) is 0 Å². The third-order valence-electron chi connectivity index (χ3n) is 3.95. The molecule has 1 aliphatic heterocycles. The number of anilines is 2. The lowest BCUT2D eigenvalue weighted by Gasteiger charge is -2.13. The fraction of sp³-hybridized carbons (Fsp3) is 0.200. The van der Waals surface area contributed by atoms with Crippen LogP contribution in [0, 0.1) is 11.3 Å². The predicted octanol–water partition coefficient (Wildman–Crippen LogP) is 4.00. The maximum absolute atomic E-state index is 12.4. The Kier molecular flexibility index (Phi) is 5.09. The molecular weight excluding hydrogens is 330 g/mol. The minimum absolute atomic E-state index is 0.0266. The fourth-order valence-corrected chi connectivity index (χ4v) is 2.59. The summed E-state index contributed by atoms with van der Waals surface area (Å²) in [7, 11) is 0. The van der Waals surface area contributed by atoms with Crippen molar-refractivity contribution in [2.45, 2.75) is 19.8 Å². The summed E-state index contributed by atoms with van der Waals surface area (Å²) in [5.41, 5.74) is 2.39. The predicted molar refractivity (Wildman–Crippen MR) is 99.0 cm³/mol. The van der Waals surface area contributed by atoms with Crippen molar-refractivity contribution in [2.75, 3.05) is 17.4 Å². The molecule has 2 N–H and O–H groups in total. The highest BCUT2D eigenvalue weighted by molar-refractivity contribution is 6.07. The van der Waals surface area contributed by atoms with Gasteiger partial charge in [-0.3, -0.25) is 4.79 Å². The number of nitrogens with zero attached hydrogens (tertiary/aromatic N) is 1. The monoisotopic (exact) mass is 349 g/mol. The normalized spacial score (nSPS) is 12.6. The molecule has 26 heavy (non-hydrogen) atoms. The summed E-state index contributed by atoms with van der Waals surface area (Å²) in [5, 5.41) is 15.1. The summed E-state index contributed by atoms with van der Waals surface area (Å²) in [6, 6.07) is 14.8. The molecular formula is C20H19N3O3. The zero-order chi connectivity index (χ0) is 18.5. The molecule has 0 saturated carbocycles. The van der Waals surface area contributed by atoms with Gasteiger partial charge in [-0.15, -0.1) is 0 Å². The van der Waals surface area contributed by atoms with E-state index in [2.05, 4.69) is 10.6 Å². The molecule has 0 unspecified atom stereocenters. The molecule has 1 amide bonds. The molecule has 2 aromatic carbocycles. The summed E-state index contributed by atoms with van der Waals surface area (Å²) in [6.07, 6.45) is 1.38. The lowest BCUT2D eigenvalue weighted by molar-refractivity contribution is -0.112. The Hall–Kier alpha value is -3.46. The maximum Gasteiger partial charge on any atom is 0.267 e. The molecule has 0 fully saturated rings. The van der Waals surface area contributed by atoms with E-state index >= 15 is 0 Å². The smallest absolute Gasteiger partial charge is 0.267 e.